The zero-order chi connectivity index (χ0) is 18.9. The lowest BCUT2D eigenvalue weighted by atomic mass is 10.1. The Balaban J connectivity index is 1.75. The molecule has 0 aromatic heterocycles. The van der Waals surface area contributed by atoms with E-state index >= 15 is 0 Å². The summed E-state index contributed by atoms with van der Waals surface area (Å²) >= 11 is 0. The van der Waals surface area contributed by atoms with Crippen LogP contribution in [0.4, 0.5) is 4.79 Å². The highest BCUT2D eigenvalue weighted by Gasteiger charge is 2.06. The zero-order valence-corrected chi connectivity index (χ0v) is 14.3. The third-order valence-electron chi connectivity index (χ3n) is 3.47. The van der Waals surface area contributed by atoms with Gasteiger partial charge in [0, 0.05) is 21.7 Å². The Morgan fingerprint density at radius 2 is 1.27 bits per heavy atom. The maximum absolute atomic E-state index is 11.3. The lowest BCUT2D eigenvalue weighted by molar-refractivity contribution is 0.0455. The van der Waals surface area contributed by atoms with Gasteiger partial charge in [0.25, 0.3) is 0 Å². The van der Waals surface area contributed by atoms with Gasteiger partial charge in [0.2, 0.25) is 0 Å². The molecular formula is C17H18N4O5. The van der Waals surface area contributed by atoms with Gasteiger partial charge in [0.05, 0.1) is 13.1 Å². The van der Waals surface area contributed by atoms with Crippen LogP contribution >= 0.6 is 0 Å². The first-order valence-electron chi connectivity index (χ1n) is 7.65. The van der Waals surface area contributed by atoms with E-state index in [0.717, 1.165) is 0 Å². The number of para-hydroxylation sites is 2. The molecule has 2 rings (SSSR count). The number of phenols is 2. The van der Waals surface area contributed by atoms with Crippen molar-refractivity contribution in [1.29, 1.82) is 0 Å². The standard InChI is InChI=1S/C17H18N4O5/c1-11-5-3-7-13(15(11)22)9-18-20-25-17(24)26-21-19-10-14-8-4-6-12(2)16(14)23/h3-8,22-23H,9-10H2,1-2H3. The highest BCUT2D eigenvalue weighted by atomic mass is 16.9. The second kappa shape index (κ2) is 9.11. The first kappa shape index (κ1) is 18.8. The van der Waals surface area contributed by atoms with Crippen LogP contribution in [0.15, 0.2) is 57.2 Å². The third-order valence-corrected chi connectivity index (χ3v) is 3.47. The van der Waals surface area contributed by atoms with Crippen molar-refractivity contribution in [1.82, 2.24) is 0 Å². The number of hydrogen-bond donors (Lipinski definition) is 2. The zero-order valence-electron chi connectivity index (χ0n) is 14.3. The van der Waals surface area contributed by atoms with E-state index in [1.54, 1.807) is 50.2 Å². The number of benzene rings is 2. The molecule has 0 heterocycles. The molecule has 0 aliphatic rings. The molecule has 2 aromatic rings. The van der Waals surface area contributed by atoms with Crippen LogP contribution in [0.3, 0.4) is 0 Å². The van der Waals surface area contributed by atoms with Crippen LogP contribution in [0.5, 0.6) is 11.5 Å². The Labute approximate surface area is 149 Å². The van der Waals surface area contributed by atoms with Crippen LogP contribution in [-0.4, -0.2) is 16.4 Å². The second-order valence-corrected chi connectivity index (χ2v) is 5.36. The van der Waals surface area contributed by atoms with Crippen LogP contribution in [0.1, 0.15) is 22.3 Å². The van der Waals surface area contributed by atoms with Crippen LogP contribution < -0.4 is 0 Å². The lowest BCUT2D eigenvalue weighted by Gasteiger charge is -2.03. The minimum Gasteiger partial charge on any atom is -0.507 e. The van der Waals surface area contributed by atoms with Gasteiger partial charge >= 0.3 is 6.16 Å². The molecule has 136 valence electrons. The highest BCUT2D eigenvalue weighted by molar-refractivity contribution is 5.59. The van der Waals surface area contributed by atoms with Crippen molar-refractivity contribution >= 4 is 6.16 Å². The molecular weight excluding hydrogens is 340 g/mol. The Bertz CT molecular complexity index is 768. The molecule has 0 aliphatic carbocycles. The molecule has 0 radical (unpaired) electrons. The van der Waals surface area contributed by atoms with E-state index in [2.05, 4.69) is 30.5 Å². The molecule has 0 saturated carbocycles. The number of aryl methyl sites for hydroxylation is 2. The summed E-state index contributed by atoms with van der Waals surface area (Å²) in [6.45, 7) is 3.58. The van der Waals surface area contributed by atoms with Crippen LogP contribution in [0.2, 0.25) is 0 Å². The number of phenolic OH excluding ortho intramolecular Hbond substituents is 2. The molecule has 0 bridgehead atoms. The summed E-state index contributed by atoms with van der Waals surface area (Å²) in [5.41, 5.74) is 2.50. The third kappa shape index (κ3) is 5.26. The van der Waals surface area contributed by atoms with Gasteiger partial charge in [0.1, 0.15) is 11.5 Å². The lowest BCUT2D eigenvalue weighted by Crippen LogP contribution is -1.97. The number of nitrogens with zero attached hydrogens (tertiary/aromatic N) is 4. The number of aromatic hydroxyl groups is 2. The first-order valence-corrected chi connectivity index (χ1v) is 7.65. The molecule has 9 heteroatoms. The summed E-state index contributed by atoms with van der Waals surface area (Å²) in [6.07, 6.45) is -1.21. The fourth-order valence-electron chi connectivity index (χ4n) is 2.05. The summed E-state index contributed by atoms with van der Waals surface area (Å²) < 4.78 is 0. The number of hydrogen-bond acceptors (Lipinski definition) is 9. The molecule has 0 unspecified atom stereocenters. The smallest absolute Gasteiger partial charge is 0.507 e. The summed E-state index contributed by atoms with van der Waals surface area (Å²) in [7, 11) is 0. The summed E-state index contributed by atoms with van der Waals surface area (Å²) in [6, 6.07) is 10.4. The molecule has 0 amide bonds. The van der Waals surface area contributed by atoms with Crippen LogP contribution in [0, 0.1) is 13.8 Å². The Hall–Kier alpha value is -3.49. The Morgan fingerprint density at radius 1 is 0.846 bits per heavy atom. The predicted octanol–water partition coefficient (Wildman–Crippen LogP) is 4.30. The van der Waals surface area contributed by atoms with E-state index in [-0.39, 0.29) is 24.6 Å². The molecule has 26 heavy (non-hydrogen) atoms. The van der Waals surface area contributed by atoms with Gasteiger partial charge in [-0.3, -0.25) is 9.68 Å². The molecule has 9 nitrogen and oxygen atoms in total. The predicted molar refractivity (Wildman–Crippen MR) is 90.4 cm³/mol. The average Bonchev–Trinajstić information content (AvgIpc) is 2.62. The van der Waals surface area contributed by atoms with Crippen molar-refractivity contribution < 1.29 is 24.7 Å². The van der Waals surface area contributed by atoms with E-state index in [4.69, 9.17) is 0 Å². The first-order chi connectivity index (χ1) is 12.5. The average molecular weight is 358 g/mol. The fraction of sp³-hybridized carbons (Fsp3) is 0.235. The minimum absolute atomic E-state index is 0.0367. The maximum atomic E-state index is 11.3. The van der Waals surface area contributed by atoms with Gasteiger partial charge in [-0.25, -0.2) is 0 Å². The minimum atomic E-state index is -1.21. The summed E-state index contributed by atoms with van der Waals surface area (Å²) in [4.78, 5) is 19.9. The molecule has 0 spiro atoms. The van der Waals surface area contributed by atoms with E-state index in [9.17, 15) is 15.0 Å². The largest absolute Gasteiger partial charge is 0.565 e. The number of carbonyl (C=O) groups excluding carboxylic acids is 1. The topological polar surface area (TPSA) is 125 Å². The molecule has 0 saturated heterocycles. The van der Waals surface area contributed by atoms with E-state index in [1.165, 1.54) is 0 Å². The second-order valence-electron chi connectivity index (χ2n) is 5.36. The van der Waals surface area contributed by atoms with E-state index in [0.29, 0.717) is 22.3 Å². The van der Waals surface area contributed by atoms with Gasteiger partial charge in [-0.2, -0.15) is 4.79 Å². The van der Waals surface area contributed by atoms with Gasteiger partial charge in [-0.05, 0) is 25.0 Å². The van der Waals surface area contributed by atoms with Gasteiger partial charge < -0.3 is 10.2 Å². The maximum Gasteiger partial charge on any atom is 0.565 e. The van der Waals surface area contributed by atoms with Crippen molar-refractivity contribution in [3.05, 3.63) is 58.7 Å². The van der Waals surface area contributed by atoms with Crippen molar-refractivity contribution in [3.63, 3.8) is 0 Å². The normalized spacial score (nSPS) is 11.2. The van der Waals surface area contributed by atoms with Gasteiger partial charge in [-0.15, -0.1) is 10.2 Å². The van der Waals surface area contributed by atoms with Gasteiger partial charge in [0.15, 0.2) is 0 Å². The van der Waals surface area contributed by atoms with Gasteiger partial charge in [-0.1, -0.05) is 36.4 Å². The van der Waals surface area contributed by atoms with E-state index < -0.39 is 6.16 Å². The quantitative estimate of drug-likeness (QED) is 0.588. The van der Waals surface area contributed by atoms with E-state index in [1.807, 2.05) is 0 Å². The SMILES string of the molecule is Cc1cccc(CN=NOC(=O)ON=NCc2cccc(C)c2O)c1O. The molecule has 0 fully saturated rings. The Morgan fingerprint density at radius 3 is 1.69 bits per heavy atom. The fourth-order valence-corrected chi connectivity index (χ4v) is 2.05. The molecule has 0 atom stereocenters. The van der Waals surface area contributed by atoms with Crippen molar-refractivity contribution in [3.8, 4) is 11.5 Å². The summed E-state index contributed by atoms with van der Waals surface area (Å²) in [5, 5.41) is 33.2. The Kier molecular flexibility index (Phi) is 6.60. The van der Waals surface area contributed by atoms with Crippen molar-refractivity contribution in [2.45, 2.75) is 26.9 Å². The van der Waals surface area contributed by atoms with Crippen LogP contribution in [-0.2, 0) is 22.8 Å². The number of carbonyl (C=O) groups is 1. The van der Waals surface area contributed by atoms with Crippen LogP contribution in [0.25, 0.3) is 0 Å². The monoisotopic (exact) mass is 358 g/mol. The molecule has 0 aliphatic heterocycles. The molecule has 2 N–H and O–H groups in total. The van der Waals surface area contributed by atoms with Crippen molar-refractivity contribution in [2.24, 2.45) is 20.8 Å². The summed E-state index contributed by atoms with van der Waals surface area (Å²) in [5.74, 6) is 0.226. The van der Waals surface area contributed by atoms with Crippen molar-refractivity contribution in [2.75, 3.05) is 0 Å². The highest BCUT2D eigenvalue weighted by Crippen LogP contribution is 2.22. The molecule has 2 aromatic carbocycles. The number of rotatable bonds is 6.